The van der Waals surface area contributed by atoms with Crippen molar-refractivity contribution in [2.24, 2.45) is 0 Å². The van der Waals surface area contributed by atoms with Gasteiger partial charge in [-0.25, -0.2) is 0 Å². The van der Waals surface area contributed by atoms with Crippen molar-refractivity contribution in [3.8, 4) is 0 Å². The maximum absolute atomic E-state index is 8.73. The van der Waals surface area contributed by atoms with Gasteiger partial charge in [-0.15, -0.1) is 0 Å². The summed E-state index contributed by atoms with van der Waals surface area (Å²) in [6.45, 7) is 0.113. The van der Waals surface area contributed by atoms with Crippen LogP contribution in [0.4, 0.5) is 0 Å². The SMILES string of the molecule is OCc1cccc(CS)c1.[Ag]. The van der Waals surface area contributed by atoms with Gasteiger partial charge < -0.3 is 5.11 Å². The molecule has 1 rings (SSSR count). The molecule has 1 nitrogen and oxygen atoms in total. The fourth-order valence-corrected chi connectivity index (χ4v) is 1.02. The molecule has 0 fully saturated rings. The first-order valence-electron chi connectivity index (χ1n) is 3.16. The molecule has 1 N–H and O–H groups in total. The van der Waals surface area contributed by atoms with Crippen LogP contribution in [-0.2, 0) is 34.7 Å². The molecular formula is C8H10AgOS. The molecule has 0 saturated heterocycles. The molecule has 0 spiro atoms. The van der Waals surface area contributed by atoms with E-state index in [4.69, 9.17) is 5.11 Å². The Balaban J connectivity index is 0.000001000. The van der Waals surface area contributed by atoms with E-state index in [1.807, 2.05) is 24.3 Å². The number of aliphatic hydroxyl groups is 1. The fourth-order valence-electron chi connectivity index (χ4n) is 0.826. The summed E-state index contributed by atoms with van der Waals surface area (Å²) in [6, 6.07) is 7.77. The van der Waals surface area contributed by atoms with E-state index in [9.17, 15) is 0 Å². The maximum atomic E-state index is 8.73. The van der Waals surface area contributed by atoms with E-state index >= 15 is 0 Å². The molecule has 11 heavy (non-hydrogen) atoms. The summed E-state index contributed by atoms with van der Waals surface area (Å²) >= 11 is 4.11. The van der Waals surface area contributed by atoms with E-state index in [0.29, 0.717) is 0 Å². The molecule has 65 valence electrons. The van der Waals surface area contributed by atoms with Crippen LogP contribution in [0.5, 0.6) is 0 Å². The Morgan fingerprint density at radius 2 is 1.91 bits per heavy atom. The van der Waals surface area contributed by atoms with Gasteiger partial charge in [-0.1, -0.05) is 24.3 Å². The summed E-state index contributed by atoms with van der Waals surface area (Å²) in [7, 11) is 0. The summed E-state index contributed by atoms with van der Waals surface area (Å²) in [5.41, 5.74) is 2.10. The fraction of sp³-hybridized carbons (Fsp3) is 0.250. The van der Waals surface area contributed by atoms with Gasteiger partial charge in [0.1, 0.15) is 0 Å². The van der Waals surface area contributed by atoms with Crippen LogP contribution in [0.3, 0.4) is 0 Å². The summed E-state index contributed by atoms with van der Waals surface area (Å²) in [6.07, 6.45) is 0. The first-order chi connectivity index (χ1) is 4.86. The number of hydrogen-bond acceptors (Lipinski definition) is 2. The van der Waals surface area contributed by atoms with Gasteiger partial charge >= 0.3 is 0 Å². The zero-order valence-corrected chi connectivity index (χ0v) is 8.30. The van der Waals surface area contributed by atoms with Gasteiger partial charge in [-0.2, -0.15) is 12.6 Å². The van der Waals surface area contributed by atoms with Crippen LogP contribution < -0.4 is 0 Å². The van der Waals surface area contributed by atoms with Gasteiger partial charge in [-0.05, 0) is 11.1 Å². The number of rotatable bonds is 2. The Morgan fingerprint density at radius 3 is 2.45 bits per heavy atom. The Kier molecular flexibility index (Phi) is 6.01. The van der Waals surface area contributed by atoms with Gasteiger partial charge in [-0.3, -0.25) is 0 Å². The Labute approximate surface area is 87.7 Å². The van der Waals surface area contributed by atoms with Crippen molar-refractivity contribution in [3.63, 3.8) is 0 Å². The van der Waals surface area contributed by atoms with Crippen molar-refractivity contribution in [2.75, 3.05) is 0 Å². The smallest absolute Gasteiger partial charge is 0.0681 e. The summed E-state index contributed by atoms with van der Waals surface area (Å²) in [4.78, 5) is 0. The Bertz CT molecular complexity index is 196. The molecule has 0 aromatic heterocycles. The molecule has 0 unspecified atom stereocenters. The van der Waals surface area contributed by atoms with E-state index < -0.39 is 0 Å². The predicted octanol–water partition coefficient (Wildman–Crippen LogP) is 1.61. The van der Waals surface area contributed by atoms with Crippen LogP contribution in [0.15, 0.2) is 24.3 Å². The van der Waals surface area contributed by atoms with Crippen molar-refractivity contribution in [1.29, 1.82) is 0 Å². The third-order valence-electron chi connectivity index (χ3n) is 1.36. The third-order valence-corrected chi connectivity index (χ3v) is 1.72. The number of aliphatic hydroxyl groups excluding tert-OH is 1. The normalized spacial score (nSPS) is 8.91. The molecule has 0 saturated carbocycles. The molecule has 0 amide bonds. The number of benzene rings is 1. The molecule has 1 radical (unpaired) electrons. The van der Waals surface area contributed by atoms with Crippen LogP contribution in [-0.4, -0.2) is 5.11 Å². The van der Waals surface area contributed by atoms with Crippen LogP contribution >= 0.6 is 12.6 Å². The molecule has 0 aliphatic heterocycles. The minimum absolute atomic E-state index is 0. The standard InChI is InChI=1S/C8H10OS.Ag/c9-5-7-2-1-3-8(4-7)6-10;/h1-4,9-10H,5-6H2;. The van der Waals surface area contributed by atoms with E-state index in [0.717, 1.165) is 16.9 Å². The quantitative estimate of drug-likeness (QED) is 0.613. The molecular weight excluding hydrogens is 252 g/mol. The van der Waals surface area contributed by atoms with Crippen molar-refractivity contribution in [2.45, 2.75) is 12.4 Å². The monoisotopic (exact) mass is 261 g/mol. The van der Waals surface area contributed by atoms with Crippen LogP contribution in [0.1, 0.15) is 11.1 Å². The second-order valence-corrected chi connectivity index (χ2v) is 2.45. The van der Waals surface area contributed by atoms with Crippen LogP contribution in [0.2, 0.25) is 0 Å². The second kappa shape index (κ2) is 5.86. The average molecular weight is 262 g/mol. The number of thiol groups is 1. The zero-order valence-electron chi connectivity index (χ0n) is 5.92. The van der Waals surface area contributed by atoms with Crippen molar-refractivity contribution in [3.05, 3.63) is 35.4 Å². The molecule has 1 aromatic carbocycles. The van der Waals surface area contributed by atoms with E-state index in [1.54, 1.807) is 0 Å². The first-order valence-corrected chi connectivity index (χ1v) is 3.79. The zero-order chi connectivity index (χ0) is 7.40. The third kappa shape index (κ3) is 3.45. The van der Waals surface area contributed by atoms with Crippen LogP contribution in [0.25, 0.3) is 0 Å². The second-order valence-electron chi connectivity index (χ2n) is 2.14. The van der Waals surface area contributed by atoms with Crippen LogP contribution in [0, 0.1) is 0 Å². The molecule has 0 bridgehead atoms. The van der Waals surface area contributed by atoms with Crippen molar-refractivity contribution in [1.82, 2.24) is 0 Å². The molecule has 0 heterocycles. The molecule has 0 aliphatic carbocycles. The minimum atomic E-state index is 0. The molecule has 1 aromatic rings. The van der Waals surface area contributed by atoms with E-state index in [-0.39, 0.29) is 29.0 Å². The van der Waals surface area contributed by atoms with Crippen molar-refractivity contribution < 1.29 is 27.5 Å². The predicted molar refractivity (Wildman–Crippen MR) is 45.1 cm³/mol. The van der Waals surface area contributed by atoms with Gasteiger partial charge in [0.15, 0.2) is 0 Å². The van der Waals surface area contributed by atoms with Gasteiger partial charge in [0.05, 0.1) is 6.61 Å². The summed E-state index contributed by atoms with van der Waals surface area (Å²) < 4.78 is 0. The van der Waals surface area contributed by atoms with Gasteiger partial charge in [0.2, 0.25) is 0 Å². The summed E-state index contributed by atoms with van der Waals surface area (Å²) in [5, 5.41) is 8.73. The Hall–Kier alpha value is 0.270. The molecule has 0 atom stereocenters. The molecule has 0 aliphatic rings. The Morgan fingerprint density at radius 1 is 1.27 bits per heavy atom. The van der Waals surface area contributed by atoms with Gasteiger partial charge in [0, 0.05) is 28.1 Å². The summed E-state index contributed by atoms with van der Waals surface area (Å²) in [5.74, 6) is 0.730. The first kappa shape index (κ1) is 11.3. The maximum Gasteiger partial charge on any atom is 0.0681 e. The van der Waals surface area contributed by atoms with Crippen molar-refractivity contribution >= 4 is 12.6 Å². The minimum Gasteiger partial charge on any atom is -0.392 e. The number of hydrogen-bond donors (Lipinski definition) is 2. The van der Waals surface area contributed by atoms with E-state index in [2.05, 4.69) is 12.6 Å². The largest absolute Gasteiger partial charge is 0.392 e. The average Bonchev–Trinajstić information content (AvgIpc) is 2.05. The topological polar surface area (TPSA) is 20.2 Å². The van der Waals surface area contributed by atoms with E-state index in [1.165, 1.54) is 0 Å². The molecule has 3 heteroatoms. The van der Waals surface area contributed by atoms with Gasteiger partial charge in [0.25, 0.3) is 0 Å².